The van der Waals surface area contributed by atoms with Crippen molar-refractivity contribution in [3.63, 3.8) is 0 Å². The Bertz CT molecular complexity index is 450. The molecule has 2 rings (SSSR count). The first-order valence-corrected chi connectivity index (χ1v) is 6.47. The molecule has 1 aromatic rings. The molecule has 0 radical (unpaired) electrons. The highest BCUT2D eigenvalue weighted by Crippen LogP contribution is 2.31. The second-order valence-corrected chi connectivity index (χ2v) is 5.12. The zero-order valence-corrected chi connectivity index (χ0v) is 11.4. The van der Waals surface area contributed by atoms with Crippen LogP contribution in [-0.2, 0) is 4.74 Å². The molecule has 1 atom stereocenters. The maximum Gasteiger partial charge on any atom is 0.194 e. The van der Waals surface area contributed by atoms with E-state index in [0.29, 0.717) is 22.9 Å². The molecule has 0 bridgehead atoms. The van der Waals surface area contributed by atoms with E-state index in [1.54, 1.807) is 18.2 Å². The Balaban J connectivity index is 2.27. The lowest BCUT2D eigenvalue weighted by Gasteiger charge is -2.32. The number of carbonyl (C=O) groups excluding carboxylic acids is 1. The van der Waals surface area contributed by atoms with Gasteiger partial charge in [0.25, 0.3) is 0 Å². The molecule has 3 nitrogen and oxygen atoms in total. The van der Waals surface area contributed by atoms with Crippen LogP contribution in [0, 0.1) is 0 Å². The van der Waals surface area contributed by atoms with Crippen LogP contribution in [0.15, 0.2) is 18.2 Å². The van der Waals surface area contributed by atoms with Crippen LogP contribution in [-0.4, -0.2) is 25.1 Å². The van der Waals surface area contributed by atoms with E-state index < -0.39 is 5.60 Å². The summed E-state index contributed by atoms with van der Waals surface area (Å²) >= 11 is 5.95. The van der Waals surface area contributed by atoms with E-state index in [1.165, 1.54) is 7.11 Å². The summed E-state index contributed by atoms with van der Waals surface area (Å²) in [6.07, 6.45) is 2.80. The van der Waals surface area contributed by atoms with Gasteiger partial charge in [0.1, 0.15) is 11.4 Å². The number of Topliss-reactive ketones (excluding diaryl/α,β-unsaturated/α-hetero) is 1. The van der Waals surface area contributed by atoms with Gasteiger partial charge in [-0.25, -0.2) is 0 Å². The predicted octanol–water partition coefficient (Wildman–Crippen LogP) is 3.49. The van der Waals surface area contributed by atoms with Gasteiger partial charge in [-0.15, -0.1) is 0 Å². The molecule has 1 unspecified atom stereocenters. The minimum atomic E-state index is -0.711. The Morgan fingerprint density at radius 3 is 2.83 bits per heavy atom. The second-order valence-electron chi connectivity index (χ2n) is 4.71. The van der Waals surface area contributed by atoms with E-state index in [2.05, 4.69) is 0 Å². The van der Waals surface area contributed by atoms with E-state index in [4.69, 9.17) is 21.1 Å². The second kappa shape index (κ2) is 5.29. The third-order valence-corrected chi connectivity index (χ3v) is 3.67. The van der Waals surface area contributed by atoms with E-state index >= 15 is 0 Å². The Kier molecular flexibility index (Phi) is 3.93. The number of ketones is 1. The van der Waals surface area contributed by atoms with Gasteiger partial charge in [0.05, 0.1) is 12.1 Å². The summed E-state index contributed by atoms with van der Waals surface area (Å²) in [5.74, 6) is 0.513. The van der Waals surface area contributed by atoms with Crippen LogP contribution >= 0.6 is 11.6 Å². The molecular formula is C14H17ClO3. The van der Waals surface area contributed by atoms with Crippen LogP contribution in [0.3, 0.4) is 0 Å². The van der Waals surface area contributed by atoms with Crippen LogP contribution in [0.25, 0.3) is 0 Å². The van der Waals surface area contributed by atoms with Gasteiger partial charge in [0.15, 0.2) is 5.78 Å². The highest BCUT2D eigenvalue weighted by Gasteiger charge is 2.36. The maximum atomic E-state index is 12.5. The van der Waals surface area contributed by atoms with E-state index in [9.17, 15) is 4.79 Å². The van der Waals surface area contributed by atoms with Gasteiger partial charge in [-0.05, 0) is 44.4 Å². The number of benzene rings is 1. The Morgan fingerprint density at radius 1 is 1.44 bits per heavy atom. The molecule has 1 aliphatic heterocycles. The minimum Gasteiger partial charge on any atom is -0.495 e. The summed E-state index contributed by atoms with van der Waals surface area (Å²) in [7, 11) is 1.54. The summed E-state index contributed by atoms with van der Waals surface area (Å²) in [5, 5.41) is 0.503. The van der Waals surface area contributed by atoms with Crippen LogP contribution in [0.5, 0.6) is 5.75 Å². The van der Waals surface area contributed by atoms with Crippen molar-refractivity contribution in [1.82, 2.24) is 0 Å². The Morgan fingerprint density at radius 2 is 2.22 bits per heavy atom. The topological polar surface area (TPSA) is 35.5 Å². The lowest BCUT2D eigenvalue weighted by atomic mass is 9.88. The van der Waals surface area contributed by atoms with Crippen molar-refractivity contribution in [3.05, 3.63) is 28.8 Å². The molecule has 0 N–H and O–H groups in total. The van der Waals surface area contributed by atoms with Crippen molar-refractivity contribution in [3.8, 4) is 5.75 Å². The van der Waals surface area contributed by atoms with Gasteiger partial charge in [-0.1, -0.05) is 11.6 Å². The number of rotatable bonds is 3. The number of carbonyl (C=O) groups is 1. The molecule has 98 valence electrons. The fourth-order valence-electron chi connectivity index (χ4n) is 2.22. The van der Waals surface area contributed by atoms with Crippen molar-refractivity contribution < 1.29 is 14.3 Å². The highest BCUT2D eigenvalue weighted by molar-refractivity contribution is 6.32. The molecule has 1 saturated heterocycles. The molecule has 0 saturated carbocycles. The molecule has 0 aromatic heterocycles. The van der Waals surface area contributed by atoms with E-state index in [-0.39, 0.29) is 5.78 Å². The number of hydrogen-bond donors (Lipinski definition) is 0. The van der Waals surface area contributed by atoms with Crippen LogP contribution in [0.1, 0.15) is 36.5 Å². The summed E-state index contributed by atoms with van der Waals surface area (Å²) in [5.41, 5.74) is -0.127. The van der Waals surface area contributed by atoms with Gasteiger partial charge in [-0.3, -0.25) is 4.79 Å². The zero-order valence-electron chi connectivity index (χ0n) is 10.7. The van der Waals surface area contributed by atoms with Crippen molar-refractivity contribution in [1.29, 1.82) is 0 Å². The smallest absolute Gasteiger partial charge is 0.194 e. The quantitative estimate of drug-likeness (QED) is 0.787. The SMILES string of the molecule is COc1cc(C(=O)C2(C)CCCCO2)ccc1Cl. The molecule has 0 spiro atoms. The minimum absolute atomic E-state index is 0.00262. The zero-order chi connectivity index (χ0) is 13.2. The number of hydrogen-bond acceptors (Lipinski definition) is 3. The standard InChI is InChI=1S/C14H17ClO3/c1-14(7-3-4-8-18-14)13(16)10-5-6-11(15)12(9-10)17-2/h5-6,9H,3-4,7-8H2,1-2H3. The number of ether oxygens (including phenoxy) is 2. The van der Waals surface area contributed by atoms with Crippen molar-refractivity contribution in [2.45, 2.75) is 31.8 Å². The third kappa shape index (κ3) is 2.52. The molecule has 1 aliphatic rings. The first-order valence-electron chi connectivity index (χ1n) is 6.09. The van der Waals surface area contributed by atoms with Crippen LogP contribution in [0.2, 0.25) is 5.02 Å². The first-order chi connectivity index (χ1) is 8.57. The Labute approximate surface area is 112 Å². The molecule has 0 aliphatic carbocycles. The molecule has 1 fully saturated rings. The molecule has 1 aromatic carbocycles. The van der Waals surface area contributed by atoms with Gasteiger partial charge < -0.3 is 9.47 Å². The lowest BCUT2D eigenvalue weighted by molar-refractivity contribution is -0.0426. The van der Waals surface area contributed by atoms with E-state index in [1.807, 2.05) is 6.92 Å². The predicted molar refractivity (Wildman–Crippen MR) is 70.5 cm³/mol. The first kappa shape index (κ1) is 13.4. The summed E-state index contributed by atoms with van der Waals surface area (Å²) < 4.78 is 10.8. The Hall–Kier alpha value is -1.06. The fourth-order valence-corrected chi connectivity index (χ4v) is 2.41. The van der Waals surface area contributed by atoms with Crippen LogP contribution < -0.4 is 4.74 Å². The normalized spacial score (nSPS) is 23.7. The summed E-state index contributed by atoms with van der Waals surface area (Å²) in [6.45, 7) is 2.50. The summed E-state index contributed by atoms with van der Waals surface area (Å²) in [6, 6.07) is 5.07. The third-order valence-electron chi connectivity index (χ3n) is 3.36. The van der Waals surface area contributed by atoms with Gasteiger partial charge in [0.2, 0.25) is 0 Å². The fraction of sp³-hybridized carbons (Fsp3) is 0.500. The van der Waals surface area contributed by atoms with Gasteiger partial charge >= 0.3 is 0 Å². The molecule has 1 heterocycles. The average Bonchev–Trinajstić information content (AvgIpc) is 2.39. The van der Waals surface area contributed by atoms with Crippen molar-refractivity contribution in [2.24, 2.45) is 0 Å². The van der Waals surface area contributed by atoms with Crippen molar-refractivity contribution >= 4 is 17.4 Å². The largest absolute Gasteiger partial charge is 0.495 e. The number of halogens is 1. The lowest BCUT2D eigenvalue weighted by Crippen LogP contribution is -2.41. The van der Waals surface area contributed by atoms with Gasteiger partial charge in [-0.2, -0.15) is 0 Å². The monoisotopic (exact) mass is 268 g/mol. The van der Waals surface area contributed by atoms with Crippen molar-refractivity contribution in [2.75, 3.05) is 13.7 Å². The number of methoxy groups -OCH3 is 1. The highest BCUT2D eigenvalue weighted by atomic mass is 35.5. The molecule has 0 amide bonds. The molecule has 18 heavy (non-hydrogen) atoms. The summed E-state index contributed by atoms with van der Waals surface area (Å²) in [4.78, 5) is 12.5. The maximum absolute atomic E-state index is 12.5. The van der Waals surface area contributed by atoms with Gasteiger partial charge in [0, 0.05) is 12.2 Å². The average molecular weight is 269 g/mol. The van der Waals surface area contributed by atoms with E-state index in [0.717, 1.165) is 19.3 Å². The molecule has 4 heteroatoms. The van der Waals surface area contributed by atoms with Crippen LogP contribution in [0.4, 0.5) is 0 Å². The molecular weight excluding hydrogens is 252 g/mol.